The molecule has 2 fully saturated rings. The van der Waals surface area contributed by atoms with E-state index in [0.29, 0.717) is 24.5 Å². The van der Waals surface area contributed by atoms with Crippen LogP contribution >= 0.6 is 15.9 Å². The SMILES string of the molecule is COc1ccc(C2CC(=O)N(CC(=O)Nc3ccc(Br)c(C)n3)C2)cc1OC1CCCC1. The maximum Gasteiger partial charge on any atom is 0.245 e. The van der Waals surface area contributed by atoms with Crippen LogP contribution in [-0.4, -0.2) is 48.0 Å². The zero-order chi connectivity index (χ0) is 22.7. The van der Waals surface area contributed by atoms with Gasteiger partial charge in [0.15, 0.2) is 11.5 Å². The second kappa shape index (κ2) is 9.90. The second-order valence-electron chi connectivity index (χ2n) is 8.42. The Morgan fingerprint density at radius 2 is 2.00 bits per heavy atom. The molecule has 1 atom stereocenters. The number of nitrogens with one attached hydrogen (secondary N) is 1. The molecule has 1 saturated heterocycles. The van der Waals surface area contributed by atoms with Gasteiger partial charge < -0.3 is 19.7 Å². The highest BCUT2D eigenvalue weighted by molar-refractivity contribution is 9.10. The number of carbonyl (C=O) groups is 2. The third-order valence-corrected chi connectivity index (χ3v) is 6.93. The van der Waals surface area contributed by atoms with E-state index in [1.807, 2.05) is 31.2 Å². The average Bonchev–Trinajstić information content (AvgIpc) is 3.40. The van der Waals surface area contributed by atoms with Crippen molar-refractivity contribution in [3.05, 3.63) is 46.1 Å². The molecule has 1 aromatic heterocycles. The van der Waals surface area contributed by atoms with E-state index < -0.39 is 0 Å². The number of halogens is 1. The van der Waals surface area contributed by atoms with Crippen molar-refractivity contribution in [2.75, 3.05) is 25.5 Å². The van der Waals surface area contributed by atoms with Crippen LogP contribution in [0.1, 0.15) is 49.3 Å². The summed E-state index contributed by atoms with van der Waals surface area (Å²) in [4.78, 5) is 31.0. The minimum atomic E-state index is -0.256. The molecule has 7 nitrogen and oxygen atoms in total. The molecule has 2 amide bonds. The monoisotopic (exact) mass is 501 g/mol. The van der Waals surface area contributed by atoms with Gasteiger partial charge in [0.2, 0.25) is 11.8 Å². The van der Waals surface area contributed by atoms with E-state index in [-0.39, 0.29) is 30.4 Å². The summed E-state index contributed by atoms with van der Waals surface area (Å²) in [6.45, 7) is 2.36. The van der Waals surface area contributed by atoms with E-state index in [4.69, 9.17) is 9.47 Å². The lowest BCUT2D eigenvalue weighted by molar-refractivity contribution is -0.131. The van der Waals surface area contributed by atoms with Crippen LogP contribution in [0.2, 0.25) is 0 Å². The van der Waals surface area contributed by atoms with Crippen LogP contribution in [0.15, 0.2) is 34.8 Å². The summed E-state index contributed by atoms with van der Waals surface area (Å²) in [7, 11) is 1.64. The largest absolute Gasteiger partial charge is 0.493 e. The summed E-state index contributed by atoms with van der Waals surface area (Å²) >= 11 is 3.40. The van der Waals surface area contributed by atoms with E-state index in [0.717, 1.165) is 34.3 Å². The molecule has 1 aliphatic heterocycles. The van der Waals surface area contributed by atoms with E-state index in [1.54, 1.807) is 18.1 Å². The number of anilines is 1. The average molecular weight is 502 g/mol. The Balaban J connectivity index is 1.40. The Kier molecular flexibility index (Phi) is 6.98. The van der Waals surface area contributed by atoms with Gasteiger partial charge in [-0.2, -0.15) is 0 Å². The highest BCUT2D eigenvalue weighted by Gasteiger charge is 2.32. The zero-order valence-corrected chi connectivity index (χ0v) is 20.0. The molecular weight excluding hydrogens is 474 g/mol. The minimum absolute atomic E-state index is 0.00765. The van der Waals surface area contributed by atoms with Crippen LogP contribution in [0.25, 0.3) is 0 Å². The summed E-state index contributed by atoms with van der Waals surface area (Å²) < 4.78 is 12.6. The third-order valence-electron chi connectivity index (χ3n) is 6.09. The van der Waals surface area contributed by atoms with E-state index in [1.165, 1.54) is 12.8 Å². The molecule has 2 aromatic rings. The fourth-order valence-corrected chi connectivity index (χ4v) is 4.56. The Morgan fingerprint density at radius 1 is 1.22 bits per heavy atom. The van der Waals surface area contributed by atoms with E-state index in [2.05, 4.69) is 26.2 Å². The molecule has 0 radical (unpaired) electrons. The van der Waals surface area contributed by atoms with Gasteiger partial charge in [0.05, 0.1) is 25.5 Å². The van der Waals surface area contributed by atoms with Gasteiger partial charge in [-0.1, -0.05) is 6.07 Å². The topological polar surface area (TPSA) is 80.8 Å². The van der Waals surface area contributed by atoms with E-state index >= 15 is 0 Å². The number of benzene rings is 1. The molecule has 1 saturated carbocycles. The van der Waals surface area contributed by atoms with Crippen molar-refractivity contribution in [3.8, 4) is 11.5 Å². The molecule has 1 N–H and O–H groups in total. The number of pyridine rings is 1. The summed E-state index contributed by atoms with van der Waals surface area (Å²) in [5.41, 5.74) is 1.82. The van der Waals surface area contributed by atoms with Crippen LogP contribution in [0.3, 0.4) is 0 Å². The summed E-state index contributed by atoms with van der Waals surface area (Å²) in [5.74, 6) is 1.64. The predicted octanol–water partition coefficient (Wildman–Crippen LogP) is 4.44. The zero-order valence-electron chi connectivity index (χ0n) is 18.4. The number of aryl methyl sites for hydroxylation is 1. The lowest BCUT2D eigenvalue weighted by Crippen LogP contribution is -2.34. The minimum Gasteiger partial charge on any atom is -0.493 e. The van der Waals surface area contributed by atoms with E-state index in [9.17, 15) is 9.59 Å². The van der Waals surface area contributed by atoms with Crippen molar-refractivity contribution in [2.24, 2.45) is 0 Å². The Hall–Kier alpha value is -2.61. The molecule has 170 valence electrons. The first-order chi connectivity index (χ1) is 15.4. The first kappa shape index (κ1) is 22.6. The molecule has 8 heteroatoms. The van der Waals surface area contributed by atoms with Crippen molar-refractivity contribution in [1.82, 2.24) is 9.88 Å². The molecule has 2 aliphatic rings. The Bertz CT molecular complexity index is 1010. The molecule has 2 heterocycles. The second-order valence-corrected chi connectivity index (χ2v) is 9.28. The molecule has 32 heavy (non-hydrogen) atoms. The molecule has 1 aromatic carbocycles. The summed E-state index contributed by atoms with van der Waals surface area (Å²) in [6, 6.07) is 9.45. The van der Waals surface area contributed by atoms with Gasteiger partial charge in [-0.05, 0) is 78.4 Å². The third kappa shape index (κ3) is 5.23. The van der Waals surface area contributed by atoms with Gasteiger partial charge in [-0.15, -0.1) is 0 Å². The molecule has 0 bridgehead atoms. The number of methoxy groups -OCH3 is 1. The number of nitrogens with zero attached hydrogens (tertiary/aromatic N) is 2. The quantitative estimate of drug-likeness (QED) is 0.606. The predicted molar refractivity (Wildman–Crippen MR) is 125 cm³/mol. The van der Waals surface area contributed by atoms with Crippen molar-refractivity contribution in [3.63, 3.8) is 0 Å². The maximum absolute atomic E-state index is 12.6. The van der Waals surface area contributed by atoms with Crippen LogP contribution in [-0.2, 0) is 9.59 Å². The first-order valence-corrected chi connectivity index (χ1v) is 11.8. The molecule has 4 rings (SSSR count). The van der Waals surface area contributed by atoms with Crippen molar-refractivity contribution in [1.29, 1.82) is 0 Å². The number of hydrogen-bond acceptors (Lipinski definition) is 5. The number of rotatable bonds is 7. The highest BCUT2D eigenvalue weighted by atomic mass is 79.9. The molecule has 1 unspecified atom stereocenters. The number of hydrogen-bond donors (Lipinski definition) is 1. The highest BCUT2D eigenvalue weighted by Crippen LogP contribution is 2.37. The number of likely N-dealkylation sites (tertiary alicyclic amines) is 1. The molecule has 1 aliphatic carbocycles. The van der Waals surface area contributed by atoms with Gasteiger partial charge in [0.25, 0.3) is 0 Å². The lowest BCUT2D eigenvalue weighted by atomic mass is 9.98. The standard InChI is InChI=1S/C24H28BrN3O4/c1-15-19(25)8-10-22(26-15)27-23(29)14-28-13-17(12-24(28)30)16-7-9-20(31-2)21(11-16)32-18-5-3-4-6-18/h7-11,17-18H,3-6,12-14H2,1-2H3,(H,26,27,29). The Morgan fingerprint density at radius 3 is 2.72 bits per heavy atom. The normalized spacial score (nSPS) is 18.8. The van der Waals surface area contributed by atoms with Gasteiger partial charge in [0.1, 0.15) is 5.82 Å². The number of aromatic nitrogens is 1. The van der Waals surface area contributed by atoms with Crippen LogP contribution in [0.4, 0.5) is 5.82 Å². The van der Waals surface area contributed by atoms with Gasteiger partial charge in [-0.25, -0.2) is 4.98 Å². The van der Waals surface area contributed by atoms with Crippen LogP contribution < -0.4 is 14.8 Å². The van der Waals surface area contributed by atoms with Gasteiger partial charge in [0, 0.05) is 23.4 Å². The first-order valence-electron chi connectivity index (χ1n) is 11.0. The van der Waals surface area contributed by atoms with Gasteiger partial charge >= 0.3 is 0 Å². The number of carbonyl (C=O) groups excluding carboxylic acids is 2. The summed E-state index contributed by atoms with van der Waals surface area (Å²) in [5, 5.41) is 2.78. The van der Waals surface area contributed by atoms with Gasteiger partial charge in [-0.3, -0.25) is 9.59 Å². The fourth-order valence-electron chi connectivity index (χ4n) is 4.34. The summed E-state index contributed by atoms with van der Waals surface area (Å²) in [6.07, 6.45) is 5.10. The molecular formula is C24H28BrN3O4. The maximum atomic E-state index is 12.6. The molecule has 0 spiro atoms. The van der Waals surface area contributed by atoms with Crippen LogP contribution in [0, 0.1) is 6.92 Å². The van der Waals surface area contributed by atoms with Crippen molar-refractivity contribution < 1.29 is 19.1 Å². The van der Waals surface area contributed by atoms with Crippen molar-refractivity contribution in [2.45, 2.75) is 51.0 Å². The Labute approximate surface area is 196 Å². The number of ether oxygens (including phenoxy) is 2. The van der Waals surface area contributed by atoms with Crippen molar-refractivity contribution >= 4 is 33.6 Å². The smallest absolute Gasteiger partial charge is 0.245 e. The number of amides is 2. The fraction of sp³-hybridized carbons (Fsp3) is 0.458. The van der Waals surface area contributed by atoms with Crippen LogP contribution in [0.5, 0.6) is 11.5 Å². The lowest BCUT2D eigenvalue weighted by Gasteiger charge is -2.19.